The van der Waals surface area contributed by atoms with Gasteiger partial charge in [0.25, 0.3) is 11.8 Å². The van der Waals surface area contributed by atoms with E-state index in [1.165, 1.54) is 6.07 Å². The Bertz CT molecular complexity index is 716. The Hall–Kier alpha value is -2.53. The highest BCUT2D eigenvalue weighted by Crippen LogP contribution is 2.23. The van der Waals surface area contributed by atoms with Crippen LogP contribution in [-0.4, -0.2) is 18.4 Å². The normalized spacial score (nSPS) is 10.1. The quantitative estimate of drug-likeness (QED) is 0.889. The molecular formula is C16H15ClN2O3. The molecule has 0 aliphatic rings. The van der Waals surface area contributed by atoms with Gasteiger partial charge in [-0.25, -0.2) is 0 Å². The number of primary amides is 1. The predicted octanol–water partition coefficient (Wildman–Crippen LogP) is 2.76. The molecule has 0 heterocycles. The topological polar surface area (TPSA) is 81.4 Å². The van der Waals surface area contributed by atoms with Crippen LogP contribution in [0.15, 0.2) is 42.5 Å². The lowest BCUT2D eigenvalue weighted by molar-refractivity contribution is -0.118. The van der Waals surface area contributed by atoms with Crippen molar-refractivity contribution in [3.8, 4) is 5.75 Å². The van der Waals surface area contributed by atoms with Gasteiger partial charge in [-0.05, 0) is 36.8 Å². The highest BCUT2D eigenvalue weighted by molar-refractivity contribution is 6.31. The number of amides is 2. The van der Waals surface area contributed by atoms with Gasteiger partial charge in [0.05, 0.1) is 5.56 Å². The first-order valence-corrected chi connectivity index (χ1v) is 6.93. The average molecular weight is 319 g/mol. The number of hydrogen-bond donors (Lipinski definition) is 2. The second kappa shape index (κ2) is 6.95. The third-order valence-corrected chi connectivity index (χ3v) is 3.46. The Balaban J connectivity index is 2.02. The number of para-hydroxylation sites is 1. The minimum atomic E-state index is -0.610. The van der Waals surface area contributed by atoms with Crippen LogP contribution in [0.4, 0.5) is 5.69 Å². The van der Waals surface area contributed by atoms with Gasteiger partial charge in [0.1, 0.15) is 5.75 Å². The van der Waals surface area contributed by atoms with Gasteiger partial charge < -0.3 is 15.8 Å². The maximum absolute atomic E-state index is 11.9. The van der Waals surface area contributed by atoms with E-state index in [0.29, 0.717) is 10.7 Å². The molecule has 6 heteroatoms. The third kappa shape index (κ3) is 3.77. The van der Waals surface area contributed by atoms with Crippen molar-refractivity contribution in [2.24, 2.45) is 5.73 Å². The molecule has 0 unspecified atom stereocenters. The molecule has 2 amide bonds. The van der Waals surface area contributed by atoms with Gasteiger partial charge in [-0.1, -0.05) is 29.8 Å². The fourth-order valence-electron chi connectivity index (χ4n) is 1.87. The van der Waals surface area contributed by atoms with E-state index in [4.69, 9.17) is 22.1 Å². The van der Waals surface area contributed by atoms with Crippen LogP contribution < -0.4 is 15.8 Å². The van der Waals surface area contributed by atoms with Crippen molar-refractivity contribution >= 4 is 29.1 Å². The Morgan fingerprint density at radius 3 is 2.64 bits per heavy atom. The summed E-state index contributed by atoms with van der Waals surface area (Å²) in [6.07, 6.45) is 0. The first-order chi connectivity index (χ1) is 10.5. The molecule has 22 heavy (non-hydrogen) atoms. The summed E-state index contributed by atoms with van der Waals surface area (Å²) in [7, 11) is 0. The molecule has 0 aromatic heterocycles. The van der Waals surface area contributed by atoms with E-state index in [1.54, 1.807) is 43.3 Å². The number of nitrogens with one attached hydrogen (secondary N) is 1. The van der Waals surface area contributed by atoms with Crippen molar-refractivity contribution in [3.63, 3.8) is 0 Å². The molecule has 0 radical (unpaired) electrons. The summed E-state index contributed by atoms with van der Waals surface area (Å²) in [4.78, 5) is 23.2. The van der Waals surface area contributed by atoms with Gasteiger partial charge in [-0.3, -0.25) is 9.59 Å². The standard InChI is InChI=1S/C16H15ClN2O3/c1-10-12(17)6-4-7-13(10)19-15(20)9-22-14-8-3-2-5-11(14)16(18)21/h2-8H,9H2,1H3,(H2,18,21)(H,19,20). The van der Waals surface area contributed by atoms with Crippen LogP contribution in [0.1, 0.15) is 15.9 Å². The van der Waals surface area contributed by atoms with Crippen LogP contribution in [0, 0.1) is 6.92 Å². The van der Waals surface area contributed by atoms with Crippen molar-refractivity contribution in [2.75, 3.05) is 11.9 Å². The molecular weight excluding hydrogens is 304 g/mol. The maximum atomic E-state index is 11.9. The second-order valence-electron chi connectivity index (χ2n) is 4.61. The largest absolute Gasteiger partial charge is 0.483 e. The van der Waals surface area contributed by atoms with Crippen LogP contribution >= 0.6 is 11.6 Å². The van der Waals surface area contributed by atoms with E-state index in [1.807, 2.05) is 0 Å². The number of benzene rings is 2. The molecule has 3 N–H and O–H groups in total. The summed E-state index contributed by atoms with van der Waals surface area (Å²) in [5.74, 6) is -0.695. The van der Waals surface area contributed by atoms with Crippen LogP contribution in [0.2, 0.25) is 5.02 Å². The lowest BCUT2D eigenvalue weighted by atomic mass is 10.2. The second-order valence-corrected chi connectivity index (χ2v) is 5.02. The lowest BCUT2D eigenvalue weighted by Gasteiger charge is -2.11. The monoisotopic (exact) mass is 318 g/mol. The number of carbonyl (C=O) groups is 2. The maximum Gasteiger partial charge on any atom is 0.262 e. The Morgan fingerprint density at radius 1 is 1.18 bits per heavy atom. The van der Waals surface area contributed by atoms with Crippen molar-refractivity contribution in [1.82, 2.24) is 0 Å². The van der Waals surface area contributed by atoms with Gasteiger partial charge in [-0.2, -0.15) is 0 Å². The fourth-order valence-corrected chi connectivity index (χ4v) is 2.04. The zero-order valence-electron chi connectivity index (χ0n) is 11.9. The Kier molecular flexibility index (Phi) is 5.01. The SMILES string of the molecule is Cc1c(Cl)cccc1NC(=O)COc1ccccc1C(N)=O. The summed E-state index contributed by atoms with van der Waals surface area (Å²) < 4.78 is 5.36. The molecule has 0 aliphatic heterocycles. The van der Waals surface area contributed by atoms with Crippen molar-refractivity contribution < 1.29 is 14.3 Å². The molecule has 0 bridgehead atoms. The van der Waals surface area contributed by atoms with Crippen LogP contribution in [0.25, 0.3) is 0 Å². The minimum Gasteiger partial charge on any atom is -0.483 e. The van der Waals surface area contributed by atoms with Gasteiger partial charge in [-0.15, -0.1) is 0 Å². The van der Waals surface area contributed by atoms with Gasteiger partial charge >= 0.3 is 0 Å². The molecule has 0 fully saturated rings. The average Bonchev–Trinajstić information content (AvgIpc) is 2.50. The number of hydrogen-bond acceptors (Lipinski definition) is 3. The fraction of sp³-hybridized carbons (Fsp3) is 0.125. The zero-order chi connectivity index (χ0) is 16.1. The molecule has 2 rings (SSSR count). The number of rotatable bonds is 5. The summed E-state index contributed by atoms with van der Waals surface area (Å²) in [6.45, 7) is 1.57. The van der Waals surface area contributed by atoms with Crippen LogP contribution in [-0.2, 0) is 4.79 Å². The smallest absolute Gasteiger partial charge is 0.262 e. The molecule has 2 aromatic rings. The van der Waals surface area contributed by atoms with Crippen LogP contribution in [0.3, 0.4) is 0 Å². The number of carbonyl (C=O) groups excluding carboxylic acids is 2. The van der Waals surface area contributed by atoms with Gasteiger partial charge in [0.15, 0.2) is 6.61 Å². The van der Waals surface area contributed by atoms with Gasteiger partial charge in [0.2, 0.25) is 0 Å². The number of ether oxygens (including phenoxy) is 1. The highest BCUT2D eigenvalue weighted by Gasteiger charge is 2.11. The van der Waals surface area contributed by atoms with Crippen LogP contribution in [0.5, 0.6) is 5.75 Å². The van der Waals surface area contributed by atoms with E-state index >= 15 is 0 Å². The van der Waals surface area contributed by atoms with E-state index in [0.717, 1.165) is 5.56 Å². The summed E-state index contributed by atoms with van der Waals surface area (Å²) >= 11 is 5.99. The minimum absolute atomic E-state index is 0.231. The highest BCUT2D eigenvalue weighted by atomic mass is 35.5. The zero-order valence-corrected chi connectivity index (χ0v) is 12.7. The van der Waals surface area contributed by atoms with E-state index < -0.39 is 5.91 Å². The van der Waals surface area contributed by atoms with Crippen molar-refractivity contribution in [1.29, 1.82) is 0 Å². The van der Waals surface area contributed by atoms with Gasteiger partial charge in [0, 0.05) is 10.7 Å². The summed E-state index contributed by atoms with van der Waals surface area (Å²) in [5.41, 5.74) is 6.87. The third-order valence-electron chi connectivity index (χ3n) is 3.05. The molecule has 0 saturated carbocycles. The first kappa shape index (κ1) is 15.9. The molecule has 0 spiro atoms. The molecule has 0 atom stereocenters. The van der Waals surface area contributed by atoms with E-state index in [9.17, 15) is 9.59 Å². The first-order valence-electron chi connectivity index (χ1n) is 6.55. The Labute approximate surface area is 133 Å². The van der Waals surface area contributed by atoms with E-state index in [2.05, 4.69) is 5.32 Å². The summed E-state index contributed by atoms with van der Waals surface area (Å²) in [5, 5.41) is 3.27. The molecule has 2 aromatic carbocycles. The summed E-state index contributed by atoms with van der Waals surface area (Å²) in [6, 6.07) is 11.7. The van der Waals surface area contributed by atoms with Crippen molar-refractivity contribution in [2.45, 2.75) is 6.92 Å². The molecule has 0 saturated heterocycles. The molecule has 0 aliphatic carbocycles. The number of anilines is 1. The predicted molar refractivity (Wildman–Crippen MR) is 85.3 cm³/mol. The number of nitrogens with two attached hydrogens (primary N) is 1. The van der Waals surface area contributed by atoms with Crippen molar-refractivity contribution in [3.05, 3.63) is 58.6 Å². The molecule has 5 nitrogen and oxygen atoms in total. The lowest BCUT2D eigenvalue weighted by Crippen LogP contribution is -2.22. The molecule has 114 valence electrons. The Morgan fingerprint density at radius 2 is 1.91 bits per heavy atom. The van der Waals surface area contributed by atoms with E-state index in [-0.39, 0.29) is 23.8 Å². The number of halogens is 1.